The number of carbonyl (C=O) groups excluding carboxylic acids is 1. The molecule has 27 heavy (non-hydrogen) atoms. The molecule has 0 saturated heterocycles. The number of nitrogens with zero attached hydrogens (tertiary/aromatic N) is 1. The number of aromatic nitrogens is 1. The first-order valence-electron chi connectivity index (χ1n) is 9.73. The van der Waals surface area contributed by atoms with Crippen molar-refractivity contribution in [2.24, 2.45) is 5.41 Å². The van der Waals surface area contributed by atoms with Crippen molar-refractivity contribution in [3.63, 3.8) is 0 Å². The first-order valence-corrected chi connectivity index (χ1v) is 9.73. The van der Waals surface area contributed by atoms with E-state index in [1.54, 1.807) is 0 Å². The van der Waals surface area contributed by atoms with Crippen LogP contribution in [0.3, 0.4) is 0 Å². The second-order valence-corrected chi connectivity index (χ2v) is 8.03. The molecule has 4 nitrogen and oxygen atoms in total. The minimum absolute atomic E-state index is 0.0638. The van der Waals surface area contributed by atoms with Crippen LogP contribution in [0.25, 0.3) is 0 Å². The van der Waals surface area contributed by atoms with Crippen LogP contribution in [0.1, 0.15) is 48.7 Å². The third-order valence-electron chi connectivity index (χ3n) is 6.38. The molecule has 1 fully saturated rings. The van der Waals surface area contributed by atoms with E-state index in [1.165, 1.54) is 0 Å². The Morgan fingerprint density at radius 2 is 1.81 bits per heavy atom. The number of hydrogen-bond acceptors (Lipinski definition) is 3. The molecule has 1 aromatic heterocycles. The second kappa shape index (κ2) is 6.68. The van der Waals surface area contributed by atoms with E-state index in [1.807, 2.05) is 36.4 Å². The minimum Gasteiger partial charge on any atom is -0.460 e. The van der Waals surface area contributed by atoms with Gasteiger partial charge in [0.1, 0.15) is 12.0 Å². The molecule has 1 saturated carbocycles. The molecule has 1 heterocycles. The van der Waals surface area contributed by atoms with E-state index < -0.39 is 11.0 Å². The van der Waals surface area contributed by atoms with Crippen LogP contribution >= 0.6 is 0 Å². The molecule has 0 spiro atoms. The Morgan fingerprint density at radius 1 is 1.15 bits per heavy atom. The third-order valence-corrected chi connectivity index (χ3v) is 6.38. The number of ether oxygens (including phenoxy) is 1. The monoisotopic (exact) mass is 365 g/mol. The quantitative estimate of drug-likeness (QED) is 0.636. The van der Waals surface area contributed by atoms with Crippen LogP contribution in [0.15, 0.2) is 54.6 Å². The van der Waals surface area contributed by atoms with Crippen molar-refractivity contribution in [1.82, 2.24) is 4.57 Å². The number of aliphatic hydroxyl groups is 1. The normalized spacial score (nSPS) is 26.0. The van der Waals surface area contributed by atoms with E-state index in [4.69, 9.17) is 4.74 Å². The number of esters is 1. The molecule has 0 aliphatic heterocycles. The molecule has 2 aliphatic carbocycles. The molecule has 2 atom stereocenters. The molecule has 4 rings (SSSR count). The summed E-state index contributed by atoms with van der Waals surface area (Å²) in [5.74, 6) is -0.310. The Balaban J connectivity index is 1.59. The van der Waals surface area contributed by atoms with Gasteiger partial charge in [0, 0.05) is 11.4 Å². The van der Waals surface area contributed by atoms with Crippen LogP contribution in [-0.4, -0.2) is 21.2 Å². The van der Waals surface area contributed by atoms with Gasteiger partial charge in [0.2, 0.25) is 0 Å². The maximum atomic E-state index is 13.2. The van der Waals surface area contributed by atoms with Gasteiger partial charge in [-0.3, -0.25) is 4.79 Å². The van der Waals surface area contributed by atoms with Crippen molar-refractivity contribution >= 4 is 5.97 Å². The number of allylic oxidation sites excluding steroid dienone is 1. The number of hydrogen-bond donors (Lipinski definition) is 1. The van der Waals surface area contributed by atoms with Crippen molar-refractivity contribution in [3.05, 3.63) is 71.6 Å². The Kier molecular flexibility index (Phi) is 4.47. The Hall–Kier alpha value is -2.33. The average molecular weight is 365 g/mol. The molecule has 2 aliphatic rings. The molecule has 1 N–H and O–H groups in total. The van der Waals surface area contributed by atoms with Gasteiger partial charge in [-0.15, -0.1) is 0 Å². The lowest BCUT2D eigenvalue weighted by Crippen LogP contribution is -2.56. The first-order chi connectivity index (χ1) is 13.0. The molecule has 0 radical (unpaired) electrons. The highest BCUT2D eigenvalue weighted by Crippen LogP contribution is 2.55. The molecular weight excluding hydrogens is 338 g/mol. The number of rotatable bonds is 5. The van der Waals surface area contributed by atoms with Crippen LogP contribution in [0.5, 0.6) is 0 Å². The molecule has 4 heteroatoms. The van der Waals surface area contributed by atoms with E-state index in [9.17, 15) is 9.90 Å². The minimum atomic E-state index is -0.999. The smallest absolute Gasteiger partial charge is 0.319 e. The third kappa shape index (κ3) is 2.92. The molecule has 0 bridgehead atoms. The molecule has 1 aromatic carbocycles. The summed E-state index contributed by atoms with van der Waals surface area (Å²) in [7, 11) is 0. The summed E-state index contributed by atoms with van der Waals surface area (Å²) < 4.78 is 7.94. The Bertz CT molecular complexity index is 844. The first kappa shape index (κ1) is 18.1. The van der Waals surface area contributed by atoms with Crippen molar-refractivity contribution in [2.75, 3.05) is 0 Å². The van der Waals surface area contributed by atoms with Crippen LogP contribution in [0.4, 0.5) is 0 Å². The van der Waals surface area contributed by atoms with E-state index >= 15 is 0 Å². The summed E-state index contributed by atoms with van der Waals surface area (Å²) in [5, 5.41) is 11.2. The zero-order valence-electron chi connectivity index (χ0n) is 16.0. The van der Waals surface area contributed by atoms with E-state index in [0.29, 0.717) is 19.3 Å². The van der Waals surface area contributed by atoms with Crippen LogP contribution < -0.4 is 0 Å². The summed E-state index contributed by atoms with van der Waals surface area (Å²) in [6, 6.07) is 13.9. The van der Waals surface area contributed by atoms with Gasteiger partial charge < -0.3 is 14.4 Å². The molecule has 142 valence electrons. The molecular formula is C23H27NO3. The number of carbonyl (C=O) groups is 1. The van der Waals surface area contributed by atoms with Gasteiger partial charge >= 0.3 is 5.97 Å². The number of benzene rings is 1. The molecule has 0 amide bonds. The van der Waals surface area contributed by atoms with Gasteiger partial charge in [0.05, 0.1) is 11.6 Å². The Morgan fingerprint density at radius 3 is 2.41 bits per heavy atom. The van der Waals surface area contributed by atoms with Gasteiger partial charge in [-0.2, -0.15) is 0 Å². The summed E-state index contributed by atoms with van der Waals surface area (Å²) >= 11 is 0. The summed E-state index contributed by atoms with van der Waals surface area (Å²) in [6.07, 6.45) is 6.78. The fourth-order valence-electron chi connectivity index (χ4n) is 4.62. The summed E-state index contributed by atoms with van der Waals surface area (Å²) in [4.78, 5) is 13.2. The van der Waals surface area contributed by atoms with Crippen molar-refractivity contribution in [2.45, 2.75) is 57.8 Å². The lowest BCUT2D eigenvalue weighted by molar-refractivity contribution is -0.182. The second-order valence-electron chi connectivity index (χ2n) is 8.03. The largest absolute Gasteiger partial charge is 0.460 e. The number of aryl methyl sites for hydroxylation is 2. The maximum absolute atomic E-state index is 13.2. The van der Waals surface area contributed by atoms with Gasteiger partial charge in [-0.25, -0.2) is 0 Å². The standard InChI is InChI=1S/C23H27NO3/c1-17-9-10-18(2)24(17)20-11-14-22(15-20,23(26)12-6-13-23)21(25)27-16-19-7-4-3-5-8-19/h3-5,7-11,14,20,26H,6,12-13,15-16H2,1-2H3/t20-,22-/m1/s1. The van der Waals surface area contributed by atoms with E-state index in [-0.39, 0.29) is 18.6 Å². The highest BCUT2D eigenvalue weighted by molar-refractivity contribution is 5.82. The van der Waals surface area contributed by atoms with Gasteiger partial charge in [-0.1, -0.05) is 42.5 Å². The summed E-state index contributed by atoms with van der Waals surface area (Å²) in [6.45, 7) is 4.39. The zero-order valence-corrected chi connectivity index (χ0v) is 16.0. The van der Waals surface area contributed by atoms with Gasteiger partial charge in [0.15, 0.2) is 0 Å². The molecule has 2 aromatic rings. The topological polar surface area (TPSA) is 51.5 Å². The fraction of sp³-hybridized carbons (Fsp3) is 0.435. The van der Waals surface area contributed by atoms with Crippen LogP contribution in [0, 0.1) is 19.3 Å². The lowest BCUT2D eigenvalue weighted by atomic mass is 9.60. The van der Waals surface area contributed by atoms with E-state index in [0.717, 1.165) is 23.4 Å². The fourth-order valence-corrected chi connectivity index (χ4v) is 4.62. The lowest BCUT2D eigenvalue weighted by Gasteiger charge is -2.48. The van der Waals surface area contributed by atoms with Gasteiger partial charge in [0.25, 0.3) is 0 Å². The van der Waals surface area contributed by atoms with E-state index in [2.05, 4.69) is 36.6 Å². The highest BCUT2D eigenvalue weighted by atomic mass is 16.5. The average Bonchev–Trinajstić information content (AvgIpc) is 3.23. The predicted molar refractivity (Wildman–Crippen MR) is 104 cm³/mol. The van der Waals surface area contributed by atoms with Crippen molar-refractivity contribution in [1.29, 1.82) is 0 Å². The summed E-state index contributed by atoms with van der Waals surface area (Å²) in [5.41, 5.74) is 1.32. The van der Waals surface area contributed by atoms with Gasteiger partial charge in [-0.05, 0) is 57.2 Å². The SMILES string of the molecule is Cc1ccc(C)n1[C@@H]1C=C[C@@](C(=O)OCc2ccccc2)(C2(O)CCC2)C1. The van der Waals surface area contributed by atoms with Crippen molar-refractivity contribution in [3.8, 4) is 0 Å². The van der Waals surface area contributed by atoms with Crippen LogP contribution in [0.2, 0.25) is 0 Å². The maximum Gasteiger partial charge on any atom is 0.319 e. The van der Waals surface area contributed by atoms with Crippen molar-refractivity contribution < 1.29 is 14.6 Å². The molecule has 0 unspecified atom stereocenters. The Labute approximate surface area is 160 Å². The highest BCUT2D eigenvalue weighted by Gasteiger charge is 2.60. The predicted octanol–water partition coefficient (Wildman–Crippen LogP) is 4.25. The zero-order chi connectivity index (χ0) is 19.1. The van der Waals surface area contributed by atoms with Crippen LogP contribution in [-0.2, 0) is 16.1 Å².